The van der Waals surface area contributed by atoms with E-state index < -0.39 is 10.8 Å². The van der Waals surface area contributed by atoms with Crippen molar-refractivity contribution in [3.05, 3.63) is 0 Å². The Morgan fingerprint density at radius 1 is 1.73 bits per heavy atom. The molecule has 2 aliphatic rings. The minimum Gasteiger partial charge on any atom is -0.354 e. The summed E-state index contributed by atoms with van der Waals surface area (Å²) in [6.07, 6.45) is -0.271. The van der Waals surface area contributed by atoms with Crippen molar-refractivity contribution in [3.63, 3.8) is 0 Å². The molecule has 64 valence electrons. The first-order valence-electron chi connectivity index (χ1n) is 3.55. The van der Waals surface area contributed by atoms with Gasteiger partial charge in [0, 0.05) is 17.9 Å². The van der Waals surface area contributed by atoms with Crippen molar-refractivity contribution in [2.24, 2.45) is 5.73 Å². The van der Waals surface area contributed by atoms with Crippen LogP contribution in [0.3, 0.4) is 0 Å². The highest BCUT2D eigenvalue weighted by atomic mass is 32.2. The van der Waals surface area contributed by atoms with E-state index in [-0.39, 0.29) is 23.7 Å². The Hall–Kier alpha value is 0.0300. The number of fused-ring (bicyclic) bond motifs is 1. The van der Waals surface area contributed by atoms with E-state index in [1.807, 2.05) is 0 Å². The summed E-state index contributed by atoms with van der Waals surface area (Å²) in [4.78, 5) is 0. The van der Waals surface area contributed by atoms with E-state index in [9.17, 15) is 4.21 Å². The molecule has 2 heterocycles. The molecule has 5 atom stereocenters. The number of hydrogen-bond acceptors (Lipinski definition) is 4. The molecule has 0 aromatic heterocycles. The Balaban J connectivity index is 2.09. The van der Waals surface area contributed by atoms with Crippen molar-refractivity contribution in [2.45, 2.75) is 23.7 Å². The summed E-state index contributed by atoms with van der Waals surface area (Å²) in [7, 11) is 0.774. The van der Waals surface area contributed by atoms with E-state index in [0.717, 1.165) is 0 Å². The Bertz CT molecular complexity index is 198. The molecular weight excluding hydrogens is 166 g/mol. The molecule has 0 radical (unpaired) electrons. The highest BCUT2D eigenvalue weighted by Crippen LogP contribution is 2.32. The Labute approximate surface area is 67.5 Å². The summed E-state index contributed by atoms with van der Waals surface area (Å²) in [5, 5.41) is 0.0138. The van der Waals surface area contributed by atoms with Crippen LogP contribution >= 0.6 is 0 Å². The fourth-order valence-corrected chi connectivity index (χ4v) is 3.04. The van der Waals surface area contributed by atoms with E-state index in [4.69, 9.17) is 15.2 Å². The van der Waals surface area contributed by atoms with Gasteiger partial charge >= 0.3 is 0 Å². The molecule has 2 N–H and O–H groups in total. The van der Waals surface area contributed by atoms with Gasteiger partial charge in [0.15, 0.2) is 6.29 Å². The third kappa shape index (κ3) is 0.955. The minimum atomic E-state index is -0.780. The summed E-state index contributed by atoms with van der Waals surface area (Å²) in [5.74, 6) is 0.623. The molecule has 2 saturated heterocycles. The average Bonchev–Trinajstić information content (AvgIpc) is 2.20. The van der Waals surface area contributed by atoms with Crippen molar-refractivity contribution >= 4 is 10.8 Å². The maximum absolute atomic E-state index is 11.1. The number of rotatable bonds is 1. The SMILES string of the molecule is COC1OC2CS(=O)C2C1N. The van der Waals surface area contributed by atoms with Crippen LogP contribution in [0, 0.1) is 0 Å². The fraction of sp³-hybridized carbons (Fsp3) is 1.00. The second-order valence-corrected chi connectivity index (χ2v) is 4.51. The lowest BCUT2D eigenvalue weighted by molar-refractivity contribution is -0.115. The molecule has 0 spiro atoms. The highest BCUT2D eigenvalue weighted by molar-refractivity contribution is 7.87. The summed E-state index contributed by atoms with van der Waals surface area (Å²) in [6.45, 7) is 0. The van der Waals surface area contributed by atoms with Crippen molar-refractivity contribution in [3.8, 4) is 0 Å². The molecule has 0 amide bonds. The first kappa shape index (κ1) is 7.67. The molecule has 0 saturated carbocycles. The van der Waals surface area contributed by atoms with Crippen LogP contribution in [0.15, 0.2) is 0 Å². The lowest BCUT2D eigenvalue weighted by Crippen LogP contribution is -2.52. The van der Waals surface area contributed by atoms with Gasteiger partial charge in [-0.15, -0.1) is 0 Å². The van der Waals surface area contributed by atoms with Crippen molar-refractivity contribution in [2.75, 3.05) is 12.9 Å². The standard InChI is InChI=1S/C6H11NO3S/c1-9-6-4(7)5-3(10-6)2-11(5)8/h3-6H,2,7H2,1H3. The van der Waals surface area contributed by atoms with Gasteiger partial charge in [-0.25, -0.2) is 0 Å². The second-order valence-electron chi connectivity index (χ2n) is 2.87. The topological polar surface area (TPSA) is 61.5 Å². The van der Waals surface area contributed by atoms with Crippen molar-refractivity contribution < 1.29 is 13.7 Å². The summed E-state index contributed by atoms with van der Waals surface area (Å²) < 4.78 is 21.4. The van der Waals surface area contributed by atoms with Crippen molar-refractivity contribution in [1.29, 1.82) is 0 Å². The molecule has 0 aromatic carbocycles. The zero-order valence-electron chi connectivity index (χ0n) is 6.23. The Kier molecular flexibility index (Phi) is 1.75. The first-order valence-corrected chi connectivity index (χ1v) is 4.93. The zero-order valence-corrected chi connectivity index (χ0v) is 7.04. The Morgan fingerprint density at radius 2 is 2.45 bits per heavy atom. The van der Waals surface area contributed by atoms with Crippen LogP contribution in [0.2, 0.25) is 0 Å². The molecule has 2 rings (SSSR count). The maximum atomic E-state index is 11.1. The van der Waals surface area contributed by atoms with Crippen molar-refractivity contribution in [1.82, 2.24) is 0 Å². The fourth-order valence-electron chi connectivity index (χ4n) is 1.59. The van der Waals surface area contributed by atoms with E-state index in [0.29, 0.717) is 5.75 Å². The molecule has 0 bridgehead atoms. The van der Waals surface area contributed by atoms with E-state index >= 15 is 0 Å². The van der Waals surface area contributed by atoms with Crippen LogP contribution in [0.4, 0.5) is 0 Å². The third-order valence-corrected chi connectivity index (χ3v) is 4.12. The van der Waals surface area contributed by atoms with Gasteiger partial charge < -0.3 is 15.2 Å². The molecule has 2 aliphatic heterocycles. The predicted octanol–water partition coefficient (Wildman–Crippen LogP) is -1.18. The van der Waals surface area contributed by atoms with E-state index in [1.54, 1.807) is 7.11 Å². The van der Waals surface area contributed by atoms with Crippen LogP contribution in [-0.2, 0) is 20.3 Å². The highest BCUT2D eigenvalue weighted by Gasteiger charge is 2.53. The normalized spacial score (nSPS) is 55.3. The van der Waals surface area contributed by atoms with Crippen LogP contribution in [0.25, 0.3) is 0 Å². The third-order valence-electron chi connectivity index (χ3n) is 2.23. The lowest BCUT2D eigenvalue weighted by Gasteiger charge is -2.28. The summed E-state index contributed by atoms with van der Waals surface area (Å²) in [6, 6.07) is -0.209. The van der Waals surface area contributed by atoms with Gasteiger partial charge in [-0.1, -0.05) is 0 Å². The quantitative estimate of drug-likeness (QED) is 0.547. The lowest BCUT2D eigenvalue weighted by atomic mass is 10.2. The summed E-state index contributed by atoms with van der Waals surface area (Å²) >= 11 is 0. The molecule has 4 nitrogen and oxygen atoms in total. The van der Waals surface area contributed by atoms with E-state index in [2.05, 4.69) is 0 Å². The maximum Gasteiger partial charge on any atom is 0.173 e. The van der Waals surface area contributed by atoms with Crippen LogP contribution in [-0.4, -0.2) is 40.8 Å². The van der Waals surface area contributed by atoms with Crippen LogP contribution in [0.1, 0.15) is 0 Å². The van der Waals surface area contributed by atoms with Gasteiger partial charge in [0.1, 0.15) is 0 Å². The smallest absolute Gasteiger partial charge is 0.173 e. The van der Waals surface area contributed by atoms with Crippen LogP contribution < -0.4 is 5.73 Å². The summed E-state index contributed by atoms with van der Waals surface area (Å²) in [5.41, 5.74) is 5.72. The number of hydrogen-bond donors (Lipinski definition) is 1. The van der Waals surface area contributed by atoms with Gasteiger partial charge in [-0.3, -0.25) is 4.21 Å². The van der Waals surface area contributed by atoms with Crippen LogP contribution in [0.5, 0.6) is 0 Å². The average molecular weight is 177 g/mol. The van der Waals surface area contributed by atoms with Gasteiger partial charge in [0.25, 0.3) is 0 Å². The number of nitrogens with two attached hydrogens (primary N) is 1. The molecule has 5 heteroatoms. The van der Waals surface area contributed by atoms with E-state index in [1.165, 1.54) is 0 Å². The monoisotopic (exact) mass is 177 g/mol. The van der Waals surface area contributed by atoms with Gasteiger partial charge in [0.2, 0.25) is 0 Å². The first-order chi connectivity index (χ1) is 5.24. The van der Waals surface area contributed by atoms with Gasteiger partial charge in [-0.05, 0) is 0 Å². The largest absolute Gasteiger partial charge is 0.354 e. The Morgan fingerprint density at radius 3 is 2.91 bits per heavy atom. The molecule has 5 unspecified atom stereocenters. The zero-order chi connectivity index (χ0) is 8.01. The van der Waals surface area contributed by atoms with Gasteiger partial charge in [0.05, 0.1) is 23.1 Å². The molecule has 0 aromatic rings. The predicted molar refractivity (Wildman–Crippen MR) is 40.4 cm³/mol. The van der Waals surface area contributed by atoms with Gasteiger partial charge in [-0.2, -0.15) is 0 Å². The molecule has 11 heavy (non-hydrogen) atoms. The minimum absolute atomic E-state index is 0.0138. The number of ether oxygens (including phenoxy) is 2. The molecular formula is C6H11NO3S. The second kappa shape index (κ2) is 2.52. The molecule has 2 fully saturated rings. The number of methoxy groups -OCH3 is 1. The molecule has 0 aliphatic carbocycles.